The summed E-state index contributed by atoms with van der Waals surface area (Å²) in [4.78, 5) is 42.1. The molecule has 7 nitrogen and oxygen atoms in total. The van der Waals surface area contributed by atoms with Gasteiger partial charge in [-0.3, -0.25) is 14.2 Å². The molecule has 0 radical (unpaired) electrons. The number of nitrogens with one attached hydrogen (secondary N) is 1. The maximum atomic E-state index is 13.7. The first-order chi connectivity index (χ1) is 17.6. The first-order valence-electron chi connectivity index (χ1n) is 13.0. The van der Waals surface area contributed by atoms with E-state index in [2.05, 4.69) is 11.4 Å². The van der Waals surface area contributed by atoms with Crippen molar-refractivity contribution in [2.24, 2.45) is 0 Å². The summed E-state index contributed by atoms with van der Waals surface area (Å²) in [6.07, 6.45) is 11.6. The Balaban J connectivity index is 1.51. The van der Waals surface area contributed by atoms with Crippen molar-refractivity contribution in [3.63, 3.8) is 0 Å². The molecule has 2 heterocycles. The van der Waals surface area contributed by atoms with Crippen molar-refractivity contribution in [1.29, 1.82) is 0 Å². The molecule has 36 heavy (non-hydrogen) atoms. The second-order valence-electron chi connectivity index (χ2n) is 9.54. The van der Waals surface area contributed by atoms with E-state index < -0.39 is 5.69 Å². The van der Waals surface area contributed by atoms with Crippen molar-refractivity contribution in [1.82, 2.24) is 14.5 Å². The Morgan fingerprint density at radius 1 is 1.06 bits per heavy atom. The molecule has 0 fully saturated rings. The average molecular weight is 508 g/mol. The summed E-state index contributed by atoms with van der Waals surface area (Å²) >= 11 is 1.50. The van der Waals surface area contributed by atoms with E-state index in [1.165, 1.54) is 38.9 Å². The maximum Gasteiger partial charge on any atom is 0.337 e. The number of carbonyl (C=O) groups is 1. The Hall–Kier alpha value is -3.13. The van der Waals surface area contributed by atoms with Gasteiger partial charge in [0.15, 0.2) is 0 Å². The first kappa shape index (κ1) is 24.6. The number of nitrogens with zero attached hydrogens (tertiary/aromatic N) is 2. The molecular formula is C28H33N3O4S. The largest absolute Gasteiger partial charge is 0.494 e. The number of aromatic nitrogens is 2. The van der Waals surface area contributed by atoms with Crippen LogP contribution in [0.2, 0.25) is 0 Å². The molecule has 8 heteroatoms. The third-order valence-electron chi connectivity index (χ3n) is 7.10. The Morgan fingerprint density at radius 2 is 1.83 bits per heavy atom. The fraction of sp³-hybridized carbons (Fsp3) is 0.464. The number of amides is 1. The lowest BCUT2D eigenvalue weighted by molar-refractivity contribution is -0.121. The Labute approximate surface area is 214 Å². The molecule has 0 spiro atoms. The predicted octanol–water partition coefficient (Wildman–Crippen LogP) is 4.50. The van der Waals surface area contributed by atoms with Gasteiger partial charge in [-0.05, 0) is 94.5 Å². The van der Waals surface area contributed by atoms with Gasteiger partial charge >= 0.3 is 5.69 Å². The molecule has 1 amide bonds. The van der Waals surface area contributed by atoms with E-state index in [0.29, 0.717) is 34.8 Å². The Morgan fingerprint density at radius 3 is 2.58 bits per heavy atom. The van der Waals surface area contributed by atoms with E-state index in [1.54, 1.807) is 24.3 Å². The molecule has 1 aromatic carbocycles. The van der Waals surface area contributed by atoms with Gasteiger partial charge in [-0.2, -0.15) is 0 Å². The van der Waals surface area contributed by atoms with E-state index in [9.17, 15) is 14.4 Å². The highest BCUT2D eigenvalue weighted by Gasteiger charge is 2.25. The quantitative estimate of drug-likeness (QED) is 0.455. The topological polar surface area (TPSA) is 82.3 Å². The van der Waals surface area contributed by atoms with E-state index >= 15 is 0 Å². The molecule has 2 aromatic heterocycles. The SMILES string of the molecule is CCOc1ccc(-n2c(=O)c3c4c(sc3n(CC(=O)NCCC3=CCCCC3)c2=O)CCCC4)cc1. The summed E-state index contributed by atoms with van der Waals surface area (Å²) in [7, 11) is 0. The number of allylic oxidation sites excluding steroid dienone is 1. The molecule has 0 saturated carbocycles. The van der Waals surface area contributed by atoms with Crippen molar-refractivity contribution in [2.45, 2.75) is 71.3 Å². The zero-order valence-corrected chi connectivity index (χ0v) is 21.6. The molecule has 1 N–H and O–H groups in total. The molecule has 0 atom stereocenters. The molecule has 0 bridgehead atoms. The molecule has 3 aromatic rings. The normalized spacial score (nSPS) is 15.4. The number of benzene rings is 1. The van der Waals surface area contributed by atoms with E-state index in [1.807, 2.05) is 6.92 Å². The van der Waals surface area contributed by atoms with Crippen LogP contribution in [0.5, 0.6) is 5.75 Å². The zero-order valence-electron chi connectivity index (χ0n) is 20.8. The summed E-state index contributed by atoms with van der Waals surface area (Å²) in [5.41, 5.74) is 2.13. The fourth-order valence-corrected chi connectivity index (χ4v) is 6.66. The summed E-state index contributed by atoms with van der Waals surface area (Å²) in [6.45, 7) is 2.89. The number of fused-ring (bicyclic) bond motifs is 3. The van der Waals surface area contributed by atoms with Crippen LogP contribution in [0.4, 0.5) is 0 Å². The molecule has 5 rings (SSSR count). The summed E-state index contributed by atoms with van der Waals surface area (Å²) < 4.78 is 8.22. The van der Waals surface area contributed by atoms with Crippen LogP contribution in [0.1, 0.15) is 62.3 Å². The monoisotopic (exact) mass is 507 g/mol. The van der Waals surface area contributed by atoms with Crippen LogP contribution in [-0.4, -0.2) is 28.2 Å². The van der Waals surface area contributed by atoms with Crippen molar-refractivity contribution < 1.29 is 9.53 Å². The molecule has 0 aliphatic heterocycles. The number of hydrogen-bond acceptors (Lipinski definition) is 5. The van der Waals surface area contributed by atoms with Gasteiger partial charge < -0.3 is 10.1 Å². The fourth-order valence-electron chi connectivity index (χ4n) is 5.29. The number of hydrogen-bond donors (Lipinski definition) is 1. The first-order valence-corrected chi connectivity index (χ1v) is 13.9. The Kier molecular flexibility index (Phi) is 7.41. The summed E-state index contributed by atoms with van der Waals surface area (Å²) in [5.74, 6) is 0.467. The van der Waals surface area contributed by atoms with Crippen molar-refractivity contribution >= 4 is 27.5 Å². The van der Waals surface area contributed by atoms with Gasteiger partial charge in [0.2, 0.25) is 5.91 Å². The lowest BCUT2D eigenvalue weighted by atomic mass is 9.97. The van der Waals surface area contributed by atoms with Crippen LogP contribution in [0.25, 0.3) is 15.9 Å². The lowest BCUT2D eigenvalue weighted by Gasteiger charge is -2.15. The van der Waals surface area contributed by atoms with Crippen molar-refractivity contribution in [3.05, 3.63) is 67.2 Å². The van der Waals surface area contributed by atoms with E-state index in [0.717, 1.165) is 55.4 Å². The molecule has 190 valence electrons. The van der Waals surface area contributed by atoms with Gasteiger partial charge in [0, 0.05) is 11.4 Å². The van der Waals surface area contributed by atoms with Crippen molar-refractivity contribution in [3.8, 4) is 11.4 Å². The van der Waals surface area contributed by atoms with E-state index in [-0.39, 0.29) is 18.0 Å². The van der Waals surface area contributed by atoms with Gasteiger partial charge in [0.05, 0.1) is 17.7 Å². The highest BCUT2D eigenvalue weighted by Crippen LogP contribution is 2.34. The minimum absolute atomic E-state index is 0.106. The molecular weight excluding hydrogens is 474 g/mol. The summed E-state index contributed by atoms with van der Waals surface area (Å²) in [5, 5.41) is 3.58. The second kappa shape index (κ2) is 10.9. The third-order valence-corrected chi connectivity index (χ3v) is 8.41. The summed E-state index contributed by atoms with van der Waals surface area (Å²) in [6, 6.07) is 6.96. The van der Waals surface area contributed by atoms with Gasteiger partial charge in [-0.25, -0.2) is 9.36 Å². The molecule has 2 aliphatic rings. The van der Waals surface area contributed by atoms with Crippen LogP contribution in [0.3, 0.4) is 0 Å². The number of rotatable bonds is 8. The highest BCUT2D eigenvalue weighted by atomic mass is 32.1. The number of thiophene rings is 1. The maximum absolute atomic E-state index is 13.7. The number of carbonyl (C=O) groups excluding carboxylic acids is 1. The van der Waals surface area contributed by atoms with Crippen LogP contribution in [0.15, 0.2) is 45.5 Å². The number of aryl methyl sites for hydroxylation is 2. The highest BCUT2D eigenvalue weighted by molar-refractivity contribution is 7.18. The van der Waals surface area contributed by atoms with Crippen molar-refractivity contribution in [2.75, 3.05) is 13.2 Å². The van der Waals surface area contributed by atoms with Crippen LogP contribution >= 0.6 is 11.3 Å². The zero-order chi connectivity index (χ0) is 25.1. The smallest absolute Gasteiger partial charge is 0.337 e. The van der Waals surface area contributed by atoms with Crippen LogP contribution < -0.4 is 21.3 Å². The second-order valence-corrected chi connectivity index (χ2v) is 10.6. The average Bonchev–Trinajstić information content (AvgIpc) is 3.28. The van der Waals surface area contributed by atoms with Gasteiger partial charge in [-0.15, -0.1) is 11.3 Å². The molecule has 2 aliphatic carbocycles. The third kappa shape index (κ3) is 4.91. The van der Waals surface area contributed by atoms with Gasteiger partial charge in [0.25, 0.3) is 5.56 Å². The van der Waals surface area contributed by atoms with Gasteiger partial charge in [0.1, 0.15) is 17.1 Å². The van der Waals surface area contributed by atoms with Crippen LogP contribution in [0, 0.1) is 0 Å². The van der Waals surface area contributed by atoms with Crippen LogP contribution in [-0.2, 0) is 24.2 Å². The lowest BCUT2D eigenvalue weighted by Crippen LogP contribution is -2.41. The molecule has 0 saturated heterocycles. The minimum Gasteiger partial charge on any atom is -0.494 e. The van der Waals surface area contributed by atoms with E-state index in [4.69, 9.17) is 4.74 Å². The standard InChI is InChI=1S/C28H33N3O4S/c1-2-35-21-14-12-20(13-15-21)31-26(33)25-22-10-6-7-11-23(22)36-27(25)30(28(31)34)18-24(32)29-17-16-19-8-4-3-5-9-19/h8,12-15H,2-7,9-11,16-18H2,1H3,(H,29,32). The van der Waals surface area contributed by atoms with Gasteiger partial charge in [-0.1, -0.05) is 11.6 Å². The minimum atomic E-state index is -0.486. The Bertz CT molecular complexity index is 1410. The molecule has 0 unspecified atom stereocenters. The number of ether oxygens (including phenoxy) is 1. The predicted molar refractivity (Wildman–Crippen MR) is 144 cm³/mol.